The number of carbonyl (C=O) groups is 2. The van der Waals surface area contributed by atoms with Crippen molar-refractivity contribution in [1.29, 1.82) is 0 Å². The molecule has 5 rings (SSSR count). The Hall–Kier alpha value is -4.07. The molecule has 1 aliphatic heterocycles. The second-order valence-corrected chi connectivity index (χ2v) is 9.37. The molecular weight excluding hydrogens is 459 g/mol. The fraction of sp³-hybridized carbons (Fsp3) is 0.286. The first-order valence-corrected chi connectivity index (χ1v) is 12.0. The average Bonchev–Trinajstić information content (AvgIpc) is 3.28. The van der Waals surface area contributed by atoms with Gasteiger partial charge in [-0.1, -0.05) is 31.1 Å². The summed E-state index contributed by atoms with van der Waals surface area (Å²) in [5.41, 5.74) is 4.28. The van der Waals surface area contributed by atoms with Crippen molar-refractivity contribution in [3.05, 3.63) is 82.8 Å². The maximum absolute atomic E-state index is 13.6. The highest BCUT2D eigenvalue weighted by molar-refractivity contribution is 6.07. The Morgan fingerprint density at radius 2 is 1.53 bits per heavy atom. The Kier molecular flexibility index (Phi) is 6.26. The van der Waals surface area contributed by atoms with Crippen LogP contribution in [0.2, 0.25) is 0 Å². The van der Waals surface area contributed by atoms with E-state index in [1.54, 1.807) is 34.9 Å². The minimum atomic E-state index is -0.352. The van der Waals surface area contributed by atoms with E-state index in [-0.39, 0.29) is 23.3 Å². The Bertz CT molecular complexity index is 1420. The standard InChI is InChI=1S/C28H27FN4O3/c1-17(2)19-4-6-21(7-5-19)27(34)32-12-14-33(15-13-32)28(35)23-16-24(20-8-10-22(29)11-9-20)30-26-25(23)18(3)31-36-26/h4-11,16-17H,12-15H2,1-3H3. The maximum atomic E-state index is 13.6. The third-order valence-corrected chi connectivity index (χ3v) is 6.67. The normalized spacial score (nSPS) is 14.0. The molecule has 7 nitrogen and oxygen atoms in total. The number of piperazine rings is 1. The molecule has 2 aromatic heterocycles. The summed E-state index contributed by atoms with van der Waals surface area (Å²) in [7, 11) is 0. The van der Waals surface area contributed by atoms with Gasteiger partial charge in [0.15, 0.2) is 0 Å². The number of amides is 2. The number of carbonyl (C=O) groups excluding carboxylic acids is 2. The zero-order chi connectivity index (χ0) is 25.4. The highest BCUT2D eigenvalue weighted by atomic mass is 19.1. The second kappa shape index (κ2) is 9.53. The van der Waals surface area contributed by atoms with Gasteiger partial charge < -0.3 is 14.3 Å². The summed E-state index contributed by atoms with van der Waals surface area (Å²) in [4.78, 5) is 34.6. The molecule has 1 aliphatic rings. The maximum Gasteiger partial charge on any atom is 0.259 e. The van der Waals surface area contributed by atoms with Gasteiger partial charge in [-0.2, -0.15) is 0 Å². The van der Waals surface area contributed by atoms with Crippen LogP contribution in [0.3, 0.4) is 0 Å². The number of halogens is 1. The number of hydrogen-bond donors (Lipinski definition) is 0. The lowest BCUT2D eigenvalue weighted by Gasteiger charge is -2.35. The van der Waals surface area contributed by atoms with Crippen LogP contribution >= 0.6 is 0 Å². The van der Waals surface area contributed by atoms with E-state index in [1.807, 2.05) is 24.3 Å². The van der Waals surface area contributed by atoms with Gasteiger partial charge in [-0.3, -0.25) is 9.59 Å². The minimum absolute atomic E-state index is 0.0304. The number of benzene rings is 2. The van der Waals surface area contributed by atoms with Crippen molar-refractivity contribution in [3.8, 4) is 11.3 Å². The molecule has 0 N–H and O–H groups in total. The highest BCUT2D eigenvalue weighted by Gasteiger charge is 2.28. The molecule has 0 saturated carbocycles. The van der Waals surface area contributed by atoms with Gasteiger partial charge in [-0.25, -0.2) is 9.37 Å². The molecule has 0 aliphatic carbocycles. The van der Waals surface area contributed by atoms with Crippen LogP contribution in [0.4, 0.5) is 4.39 Å². The van der Waals surface area contributed by atoms with E-state index in [9.17, 15) is 14.0 Å². The monoisotopic (exact) mass is 486 g/mol. The van der Waals surface area contributed by atoms with Crippen molar-refractivity contribution >= 4 is 22.9 Å². The lowest BCUT2D eigenvalue weighted by atomic mass is 10.0. The molecule has 0 spiro atoms. The number of rotatable bonds is 4. The fourth-order valence-electron chi connectivity index (χ4n) is 4.51. The van der Waals surface area contributed by atoms with Crippen LogP contribution in [-0.2, 0) is 0 Å². The first-order chi connectivity index (χ1) is 17.3. The summed E-state index contributed by atoms with van der Waals surface area (Å²) in [6.45, 7) is 7.71. The molecule has 1 fully saturated rings. The van der Waals surface area contributed by atoms with E-state index in [0.29, 0.717) is 65.6 Å². The molecule has 184 valence electrons. The Morgan fingerprint density at radius 1 is 0.917 bits per heavy atom. The van der Waals surface area contributed by atoms with E-state index in [4.69, 9.17) is 4.52 Å². The van der Waals surface area contributed by atoms with E-state index >= 15 is 0 Å². The summed E-state index contributed by atoms with van der Waals surface area (Å²) >= 11 is 0. The Balaban J connectivity index is 1.35. The number of pyridine rings is 1. The second-order valence-electron chi connectivity index (χ2n) is 9.37. The van der Waals surface area contributed by atoms with Crippen molar-refractivity contribution in [3.63, 3.8) is 0 Å². The summed E-state index contributed by atoms with van der Waals surface area (Å²) in [5.74, 6) is -0.154. The van der Waals surface area contributed by atoms with Gasteiger partial charge in [0.1, 0.15) is 5.82 Å². The van der Waals surface area contributed by atoms with Crippen LogP contribution in [0.5, 0.6) is 0 Å². The predicted octanol–water partition coefficient (Wildman–Crippen LogP) is 5.06. The molecule has 4 aromatic rings. The first-order valence-electron chi connectivity index (χ1n) is 12.0. The summed E-state index contributed by atoms with van der Waals surface area (Å²) in [6, 6.07) is 15.3. The third-order valence-electron chi connectivity index (χ3n) is 6.67. The molecule has 1 saturated heterocycles. The molecule has 2 amide bonds. The van der Waals surface area contributed by atoms with Crippen LogP contribution in [0.15, 0.2) is 59.1 Å². The topological polar surface area (TPSA) is 79.5 Å². The van der Waals surface area contributed by atoms with Crippen molar-refractivity contribution < 1.29 is 18.5 Å². The molecule has 0 bridgehead atoms. The quantitative estimate of drug-likeness (QED) is 0.403. The Morgan fingerprint density at radius 3 is 2.14 bits per heavy atom. The predicted molar refractivity (Wildman–Crippen MR) is 134 cm³/mol. The van der Waals surface area contributed by atoms with Gasteiger partial charge >= 0.3 is 0 Å². The van der Waals surface area contributed by atoms with Crippen LogP contribution in [0.1, 0.15) is 51.7 Å². The van der Waals surface area contributed by atoms with Gasteiger partial charge in [0.25, 0.3) is 17.5 Å². The number of hydrogen-bond acceptors (Lipinski definition) is 5. The molecule has 0 unspecified atom stereocenters. The zero-order valence-corrected chi connectivity index (χ0v) is 20.5. The minimum Gasteiger partial charge on any atom is -0.335 e. The smallest absolute Gasteiger partial charge is 0.259 e. The van der Waals surface area contributed by atoms with Crippen LogP contribution in [-0.4, -0.2) is 57.9 Å². The Labute approximate surface area is 208 Å². The molecule has 3 heterocycles. The molecule has 2 aromatic carbocycles. The van der Waals surface area contributed by atoms with Crippen LogP contribution < -0.4 is 0 Å². The summed E-state index contributed by atoms with van der Waals surface area (Å²) < 4.78 is 18.8. The number of nitrogens with zero attached hydrogens (tertiary/aromatic N) is 4. The van der Waals surface area contributed by atoms with Crippen molar-refractivity contribution in [1.82, 2.24) is 19.9 Å². The van der Waals surface area contributed by atoms with E-state index in [1.165, 1.54) is 17.7 Å². The molecule has 36 heavy (non-hydrogen) atoms. The largest absolute Gasteiger partial charge is 0.335 e. The molecule has 0 radical (unpaired) electrons. The van der Waals surface area contributed by atoms with Crippen molar-refractivity contribution in [2.45, 2.75) is 26.7 Å². The lowest BCUT2D eigenvalue weighted by molar-refractivity contribution is 0.0536. The van der Waals surface area contributed by atoms with Crippen molar-refractivity contribution in [2.24, 2.45) is 0 Å². The highest BCUT2D eigenvalue weighted by Crippen LogP contribution is 2.28. The lowest BCUT2D eigenvalue weighted by Crippen LogP contribution is -2.50. The van der Waals surface area contributed by atoms with E-state index in [2.05, 4.69) is 24.0 Å². The van der Waals surface area contributed by atoms with Gasteiger partial charge in [-0.05, 0) is 60.9 Å². The van der Waals surface area contributed by atoms with Gasteiger partial charge in [0.2, 0.25) is 0 Å². The van der Waals surface area contributed by atoms with Crippen molar-refractivity contribution in [2.75, 3.05) is 26.2 Å². The molecule has 8 heteroatoms. The zero-order valence-electron chi connectivity index (χ0n) is 20.5. The van der Waals surface area contributed by atoms with Gasteiger partial charge in [-0.15, -0.1) is 0 Å². The van der Waals surface area contributed by atoms with E-state index < -0.39 is 0 Å². The number of fused-ring (bicyclic) bond motifs is 1. The fourth-order valence-corrected chi connectivity index (χ4v) is 4.51. The number of aryl methyl sites for hydroxylation is 1. The third kappa shape index (κ3) is 4.46. The number of aromatic nitrogens is 2. The molecular formula is C28H27FN4O3. The summed E-state index contributed by atoms with van der Waals surface area (Å²) in [6.07, 6.45) is 0. The molecule has 0 atom stereocenters. The van der Waals surface area contributed by atoms with Gasteiger partial charge in [0, 0.05) is 37.3 Å². The van der Waals surface area contributed by atoms with Gasteiger partial charge in [0.05, 0.1) is 22.3 Å². The SMILES string of the molecule is Cc1noc2nc(-c3ccc(F)cc3)cc(C(=O)N3CCN(C(=O)c4ccc(C(C)C)cc4)CC3)c12. The average molecular weight is 487 g/mol. The van der Waals surface area contributed by atoms with Crippen LogP contribution in [0.25, 0.3) is 22.4 Å². The van der Waals surface area contributed by atoms with E-state index in [0.717, 1.165) is 0 Å². The first kappa shape index (κ1) is 23.7. The summed E-state index contributed by atoms with van der Waals surface area (Å²) in [5, 5.41) is 4.56. The van der Waals surface area contributed by atoms with Crippen LogP contribution in [0, 0.1) is 12.7 Å².